The number of rotatable bonds is 3. The Balaban J connectivity index is 2.28. The van der Waals surface area contributed by atoms with E-state index in [9.17, 15) is 4.79 Å². The lowest BCUT2D eigenvalue weighted by Gasteiger charge is -2.33. The number of carbonyl (C=O) groups excluding carboxylic acids is 1. The molecule has 0 aromatic carbocycles. The van der Waals surface area contributed by atoms with Gasteiger partial charge in [-0.1, -0.05) is 19.3 Å². The van der Waals surface area contributed by atoms with Gasteiger partial charge in [-0.2, -0.15) is 0 Å². The number of hydrogen-bond donors (Lipinski definition) is 0. The molecule has 0 amide bonds. The number of nitrogens with zero attached hydrogens (tertiary/aromatic N) is 1. The molecule has 0 unspecified atom stereocenters. The van der Waals surface area contributed by atoms with Crippen molar-refractivity contribution in [1.82, 2.24) is 4.98 Å². The Morgan fingerprint density at radius 3 is 2.62 bits per heavy atom. The normalized spacial score (nSPS) is 19.6. The van der Waals surface area contributed by atoms with Gasteiger partial charge in [0.05, 0.1) is 4.88 Å². The van der Waals surface area contributed by atoms with Crippen molar-refractivity contribution in [2.24, 2.45) is 0 Å². The minimum absolute atomic E-state index is 0.0887. The Kier molecular flexibility index (Phi) is 3.40. The highest BCUT2D eigenvalue weighted by atomic mass is 32.1. The van der Waals surface area contributed by atoms with E-state index in [1.165, 1.54) is 30.6 Å². The minimum Gasteiger partial charge on any atom is -0.371 e. The van der Waals surface area contributed by atoms with Crippen molar-refractivity contribution in [2.45, 2.75) is 44.6 Å². The van der Waals surface area contributed by atoms with E-state index < -0.39 is 0 Å². The number of aromatic nitrogens is 1. The Bertz CT molecular complexity index is 380. The van der Waals surface area contributed by atoms with Gasteiger partial charge in [0.1, 0.15) is 10.6 Å². The lowest BCUT2D eigenvalue weighted by Crippen LogP contribution is -2.30. The number of hydrogen-bond acceptors (Lipinski definition) is 4. The van der Waals surface area contributed by atoms with Crippen molar-refractivity contribution in [1.29, 1.82) is 0 Å². The first-order valence-corrected chi connectivity index (χ1v) is 6.52. The molecular weight excluding hydrogens is 222 g/mol. The summed E-state index contributed by atoms with van der Waals surface area (Å²) in [6.45, 7) is 1.58. The number of ketones is 1. The predicted molar refractivity (Wildman–Crippen MR) is 63.9 cm³/mol. The van der Waals surface area contributed by atoms with Crippen LogP contribution in [0.15, 0.2) is 6.20 Å². The summed E-state index contributed by atoms with van der Waals surface area (Å²) in [5.74, 6) is 0.0887. The van der Waals surface area contributed by atoms with Gasteiger partial charge in [0.15, 0.2) is 5.78 Å². The first-order chi connectivity index (χ1) is 7.68. The summed E-state index contributed by atoms with van der Waals surface area (Å²) in [4.78, 5) is 16.4. The zero-order valence-electron chi connectivity index (χ0n) is 9.78. The van der Waals surface area contributed by atoms with E-state index in [4.69, 9.17) is 4.74 Å². The molecule has 2 rings (SSSR count). The van der Waals surface area contributed by atoms with Crippen molar-refractivity contribution >= 4 is 17.1 Å². The maximum absolute atomic E-state index is 11.3. The van der Waals surface area contributed by atoms with Crippen molar-refractivity contribution in [3.05, 3.63) is 16.1 Å². The van der Waals surface area contributed by atoms with Crippen LogP contribution >= 0.6 is 11.3 Å². The van der Waals surface area contributed by atoms with Crippen LogP contribution in [0.5, 0.6) is 0 Å². The fourth-order valence-corrected chi connectivity index (χ4v) is 3.31. The summed E-state index contributed by atoms with van der Waals surface area (Å²) in [6.07, 6.45) is 7.36. The highest BCUT2D eigenvalue weighted by Gasteiger charge is 2.36. The summed E-state index contributed by atoms with van der Waals surface area (Å²) in [5.41, 5.74) is -0.226. The number of Topliss-reactive ketones (excluding diaryl/α,β-unsaturated/α-hetero) is 1. The number of methoxy groups -OCH3 is 1. The highest BCUT2D eigenvalue weighted by Crippen LogP contribution is 2.41. The second kappa shape index (κ2) is 4.63. The second-order valence-corrected chi connectivity index (χ2v) is 5.38. The monoisotopic (exact) mass is 239 g/mol. The average Bonchev–Trinajstić information content (AvgIpc) is 2.80. The van der Waals surface area contributed by atoms with E-state index in [0.717, 1.165) is 22.7 Å². The molecule has 0 aliphatic heterocycles. The molecule has 0 radical (unpaired) electrons. The molecule has 88 valence electrons. The van der Waals surface area contributed by atoms with Gasteiger partial charge in [-0.15, -0.1) is 11.3 Å². The highest BCUT2D eigenvalue weighted by molar-refractivity contribution is 7.13. The Hall–Kier alpha value is -0.740. The molecule has 16 heavy (non-hydrogen) atoms. The number of ether oxygens (including phenoxy) is 1. The van der Waals surface area contributed by atoms with Crippen molar-refractivity contribution in [2.75, 3.05) is 7.11 Å². The molecule has 1 aliphatic carbocycles. The smallest absolute Gasteiger partial charge is 0.171 e. The zero-order chi connectivity index (χ0) is 11.6. The van der Waals surface area contributed by atoms with Crippen LogP contribution in [0, 0.1) is 0 Å². The summed E-state index contributed by atoms with van der Waals surface area (Å²) >= 11 is 1.49. The Morgan fingerprint density at radius 2 is 2.12 bits per heavy atom. The molecule has 1 aromatic rings. The molecule has 0 spiro atoms. The molecular formula is C12H17NO2S. The van der Waals surface area contributed by atoms with E-state index in [1.807, 2.05) is 0 Å². The van der Waals surface area contributed by atoms with Crippen LogP contribution < -0.4 is 0 Å². The third-order valence-electron chi connectivity index (χ3n) is 3.29. The largest absolute Gasteiger partial charge is 0.371 e. The van der Waals surface area contributed by atoms with Crippen LogP contribution in [-0.4, -0.2) is 17.9 Å². The molecule has 0 saturated heterocycles. The summed E-state index contributed by atoms with van der Waals surface area (Å²) in [6, 6.07) is 0. The van der Waals surface area contributed by atoms with E-state index in [0.29, 0.717) is 0 Å². The average molecular weight is 239 g/mol. The van der Waals surface area contributed by atoms with Crippen LogP contribution in [0.1, 0.15) is 53.7 Å². The molecule has 1 aromatic heterocycles. The van der Waals surface area contributed by atoms with Gasteiger partial charge >= 0.3 is 0 Å². The van der Waals surface area contributed by atoms with Gasteiger partial charge in [-0.3, -0.25) is 4.79 Å². The molecule has 0 N–H and O–H groups in total. The number of carbonyl (C=O) groups is 1. The first-order valence-electron chi connectivity index (χ1n) is 5.70. The molecule has 0 atom stereocenters. The van der Waals surface area contributed by atoms with Crippen LogP contribution in [0.2, 0.25) is 0 Å². The molecule has 1 saturated carbocycles. The summed E-state index contributed by atoms with van der Waals surface area (Å²) < 4.78 is 5.69. The second-order valence-electron chi connectivity index (χ2n) is 4.34. The van der Waals surface area contributed by atoms with Gasteiger partial charge in [-0.05, 0) is 12.8 Å². The fourth-order valence-electron chi connectivity index (χ4n) is 2.28. The molecule has 1 fully saturated rings. The quantitative estimate of drug-likeness (QED) is 0.761. The van der Waals surface area contributed by atoms with Crippen LogP contribution in [0.3, 0.4) is 0 Å². The van der Waals surface area contributed by atoms with Crippen LogP contribution in [0.4, 0.5) is 0 Å². The van der Waals surface area contributed by atoms with Gasteiger partial charge < -0.3 is 4.74 Å². The summed E-state index contributed by atoms with van der Waals surface area (Å²) in [5, 5.41) is 0.972. The maximum atomic E-state index is 11.3. The topological polar surface area (TPSA) is 39.2 Å². The minimum atomic E-state index is -0.226. The van der Waals surface area contributed by atoms with Crippen molar-refractivity contribution in [3.8, 4) is 0 Å². The standard InChI is InChI=1S/C12H17NO2S/c1-9(14)10-8-13-11(16-10)12(15-2)6-4-3-5-7-12/h8H,3-7H2,1-2H3. The molecule has 3 nitrogen and oxygen atoms in total. The van der Waals surface area contributed by atoms with E-state index in [2.05, 4.69) is 4.98 Å². The first kappa shape index (κ1) is 11.7. The van der Waals surface area contributed by atoms with E-state index >= 15 is 0 Å². The maximum Gasteiger partial charge on any atom is 0.171 e. The number of thiazole rings is 1. The Labute approximate surface area is 99.8 Å². The molecule has 1 heterocycles. The van der Waals surface area contributed by atoms with Gasteiger partial charge in [0.25, 0.3) is 0 Å². The van der Waals surface area contributed by atoms with E-state index in [1.54, 1.807) is 20.2 Å². The predicted octanol–water partition coefficient (Wildman–Crippen LogP) is 3.15. The molecule has 1 aliphatic rings. The van der Waals surface area contributed by atoms with Gasteiger partial charge in [0.2, 0.25) is 0 Å². The van der Waals surface area contributed by atoms with E-state index in [-0.39, 0.29) is 11.4 Å². The molecule has 4 heteroatoms. The third kappa shape index (κ3) is 2.04. The lowest BCUT2D eigenvalue weighted by atomic mass is 9.85. The van der Waals surface area contributed by atoms with Gasteiger partial charge in [-0.25, -0.2) is 4.98 Å². The van der Waals surface area contributed by atoms with Crippen LogP contribution in [0.25, 0.3) is 0 Å². The fraction of sp³-hybridized carbons (Fsp3) is 0.667. The van der Waals surface area contributed by atoms with Crippen molar-refractivity contribution < 1.29 is 9.53 Å². The lowest BCUT2D eigenvalue weighted by molar-refractivity contribution is -0.0446. The zero-order valence-corrected chi connectivity index (χ0v) is 10.6. The third-order valence-corrected chi connectivity index (χ3v) is 4.58. The molecule has 0 bridgehead atoms. The van der Waals surface area contributed by atoms with Crippen molar-refractivity contribution in [3.63, 3.8) is 0 Å². The Morgan fingerprint density at radius 1 is 1.44 bits per heavy atom. The SMILES string of the molecule is COC1(c2ncc(C(C)=O)s2)CCCCC1. The van der Waals surface area contributed by atoms with Gasteiger partial charge in [0, 0.05) is 20.2 Å². The van der Waals surface area contributed by atoms with Crippen LogP contribution in [-0.2, 0) is 10.3 Å². The summed E-state index contributed by atoms with van der Waals surface area (Å²) in [7, 11) is 1.75.